The number of nitro groups is 1. The van der Waals surface area contributed by atoms with Crippen LogP contribution in [0.15, 0.2) is 23.4 Å². The van der Waals surface area contributed by atoms with Crippen LogP contribution in [0.4, 0.5) is 11.4 Å². The Hall–Kier alpha value is -2.44. The molecule has 16 heavy (non-hydrogen) atoms. The lowest BCUT2D eigenvalue weighted by Gasteiger charge is -2.04. The van der Waals surface area contributed by atoms with Crippen LogP contribution >= 0.6 is 0 Å². The van der Waals surface area contributed by atoms with Crippen LogP contribution in [0.1, 0.15) is 5.56 Å². The van der Waals surface area contributed by atoms with E-state index in [0.29, 0.717) is 17.5 Å². The largest absolute Gasteiger partial charge is 0.411 e. The number of hydrogen-bond donors (Lipinski definition) is 2. The number of aryl methyl sites for hydroxylation is 1. The van der Waals surface area contributed by atoms with Crippen molar-refractivity contribution < 1.29 is 14.9 Å². The van der Waals surface area contributed by atoms with E-state index in [2.05, 4.69) is 10.5 Å². The summed E-state index contributed by atoms with van der Waals surface area (Å²) in [4.78, 5) is 21.0. The minimum Gasteiger partial charge on any atom is -0.411 e. The zero-order chi connectivity index (χ0) is 12.1. The van der Waals surface area contributed by atoms with Gasteiger partial charge >= 0.3 is 0 Å². The quantitative estimate of drug-likeness (QED) is 0.348. The van der Waals surface area contributed by atoms with Crippen molar-refractivity contribution in [3.8, 4) is 0 Å². The maximum Gasteiger partial charge on any atom is 0.270 e. The Labute approximate surface area is 90.5 Å². The summed E-state index contributed by atoms with van der Waals surface area (Å²) in [5, 5.41) is 23.5. The lowest BCUT2D eigenvalue weighted by molar-refractivity contribution is -0.384. The Bertz CT molecular complexity index is 456. The molecule has 0 bridgehead atoms. The highest BCUT2D eigenvalue weighted by atomic mass is 16.6. The summed E-state index contributed by atoms with van der Waals surface area (Å²) in [6.07, 6.45) is 0.695. The van der Waals surface area contributed by atoms with Gasteiger partial charge in [-0.05, 0) is 18.6 Å². The maximum absolute atomic E-state index is 11.0. The number of carbonyl (C=O) groups excluding carboxylic acids is 1. The highest BCUT2D eigenvalue weighted by Crippen LogP contribution is 2.20. The van der Waals surface area contributed by atoms with Gasteiger partial charge in [-0.3, -0.25) is 14.9 Å². The van der Waals surface area contributed by atoms with Crippen molar-refractivity contribution in [2.75, 3.05) is 5.32 Å². The van der Waals surface area contributed by atoms with Crippen LogP contribution in [0.2, 0.25) is 0 Å². The number of benzene rings is 1. The zero-order valence-electron chi connectivity index (χ0n) is 8.38. The SMILES string of the molecule is Cc1cc([N+](=O)[O-])ccc1NC(=O)/C=N/O. The average molecular weight is 223 g/mol. The van der Waals surface area contributed by atoms with Crippen molar-refractivity contribution in [3.05, 3.63) is 33.9 Å². The average Bonchev–Trinajstić information content (AvgIpc) is 2.21. The Morgan fingerprint density at radius 2 is 2.31 bits per heavy atom. The fourth-order valence-electron chi connectivity index (χ4n) is 1.12. The van der Waals surface area contributed by atoms with Crippen LogP contribution < -0.4 is 5.32 Å². The fourth-order valence-corrected chi connectivity index (χ4v) is 1.12. The minimum atomic E-state index is -0.612. The molecule has 0 aromatic heterocycles. The van der Waals surface area contributed by atoms with E-state index < -0.39 is 10.8 Å². The number of hydrogen-bond acceptors (Lipinski definition) is 5. The summed E-state index contributed by atoms with van der Waals surface area (Å²) in [6, 6.07) is 4.03. The predicted molar refractivity (Wildman–Crippen MR) is 56.7 cm³/mol. The first kappa shape index (κ1) is 11.6. The first-order valence-corrected chi connectivity index (χ1v) is 4.28. The van der Waals surface area contributed by atoms with E-state index in [1.54, 1.807) is 6.92 Å². The summed E-state index contributed by atoms with van der Waals surface area (Å²) in [6.45, 7) is 1.62. The van der Waals surface area contributed by atoms with Gasteiger partial charge in [0, 0.05) is 17.8 Å². The van der Waals surface area contributed by atoms with Crippen molar-refractivity contribution in [1.82, 2.24) is 0 Å². The van der Waals surface area contributed by atoms with Gasteiger partial charge in [-0.25, -0.2) is 0 Å². The Morgan fingerprint density at radius 1 is 1.62 bits per heavy atom. The van der Waals surface area contributed by atoms with E-state index in [-0.39, 0.29) is 5.69 Å². The Balaban J connectivity index is 2.91. The molecule has 1 rings (SSSR count). The number of rotatable bonds is 3. The van der Waals surface area contributed by atoms with Crippen LogP contribution in [0.5, 0.6) is 0 Å². The van der Waals surface area contributed by atoms with Crippen LogP contribution in [0, 0.1) is 17.0 Å². The van der Waals surface area contributed by atoms with Gasteiger partial charge in [-0.15, -0.1) is 0 Å². The van der Waals surface area contributed by atoms with Crippen LogP contribution in [-0.2, 0) is 4.79 Å². The molecule has 1 amide bonds. The first-order chi connectivity index (χ1) is 7.54. The molecule has 7 nitrogen and oxygen atoms in total. The highest BCUT2D eigenvalue weighted by molar-refractivity contribution is 6.31. The molecule has 0 saturated carbocycles. The second kappa shape index (κ2) is 4.87. The molecule has 1 aromatic rings. The van der Waals surface area contributed by atoms with Gasteiger partial charge in [-0.2, -0.15) is 0 Å². The van der Waals surface area contributed by atoms with Gasteiger partial charge in [0.2, 0.25) is 0 Å². The third kappa shape index (κ3) is 2.77. The van der Waals surface area contributed by atoms with Crippen molar-refractivity contribution in [2.24, 2.45) is 5.16 Å². The second-order valence-electron chi connectivity index (χ2n) is 2.99. The number of nitrogens with one attached hydrogen (secondary N) is 1. The minimum absolute atomic E-state index is 0.0497. The van der Waals surface area contributed by atoms with Crippen molar-refractivity contribution >= 4 is 23.5 Å². The molecule has 0 aliphatic heterocycles. The summed E-state index contributed by atoms with van der Waals surface area (Å²) in [5.74, 6) is -0.612. The van der Waals surface area contributed by atoms with Gasteiger partial charge in [-0.1, -0.05) is 5.16 Å². The van der Waals surface area contributed by atoms with E-state index in [1.807, 2.05) is 0 Å². The smallest absolute Gasteiger partial charge is 0.270 e. The molecule has 0 aliphatic rings. The van der Waals surface area contributed by atoms with Crippen molar-refractivity contribution in [2.45, 2.75) is 6.92 Å². The van der Waals surface area contributed by atoms with Crippen molar-refractivity contribution in [1.29, 1.82) is 0 Å². The molecule has 84 valence electrons. The van der Waals surface area contributed by atoms with E-state index in [4.69, 9.17) is 5.21 Å². The number of carbonyl (C=O) groups is 1. The fraction of sp³-hybridized carbons (Fsp3) is 0.111. The summed E-state index contributed by atoms with van der Waals surface area (Å²) >= 11 is 0. The van der Waals surface area contributed by atoms with Gasteiger partial charge < -0.3 is 10.5 Å². The van der Waals surface area contributed by atoms with Crippen LogP contribution in [0.25, 0.3) is 0 Å². The number of amides is 1. The molecular formula is C9H9N3O4. The van der Waals surface area contributed by atoms with E-state index in [1.165, 1.54) is 18.2 Å². The van der Waals surface area contributed by atoms with Gasteiger partial charge in [0.15, 0.2) is 0 Å². The zero-order valence-corrected chi connectivity index (χ0v) is 8.38. The predicted octanol–water partition coefficient (Wildman–Crippen LogP) is 1.30. The number of anilines is 1. The highest BCUT2D eigenvalue weighted by Gasteiger charge is 2.09. The summed E-state index contributed by atoms with van der Waals surface area (Å²) in [5.41, 5.74) is 0.927. The van der Waals surface area contributed by atoms with Crippen LogP contribution in [0.3, 0.4) is 0 Å². The topological polar surface area (TPSA) is 105 Å². The monoisotopic (exact) mass is 223 g/mol. The summed E-state index contributed by atoms with van der Waals surface area (Å²) < 4.78 is 0. The molecule has 0 unspecified atom stereocenters. The van der Waals surface area contributed by atoms with E-state index in [9.17, 15) is 14.9 Å². The maximum atomic E-state index is 11.0. The van der Waals surface area contributed by atoms with Gasteiger partial charge in [0.25, 0.3) is 11.6 Å². The van der Waals surface area contributed by atoms with E-state index in [0.717, 1.165) is 0 Å². The molecule has 0 fully saturated rings. The molecule has 0 radical (unpaired) electrons. The second-order valence-corrected chi connectivity index (χ2v) is 2.99. The Morgan fingerprint density at radius 3 is 2.81 bits per heavy atom. The molecular weight excluding hydrogens is 214 g/mol. The third-order valence-corrected chi connectivity index (χ3v) is 1.85. The third-order valence-electron chi connectivity index (χ3n) is 1.85. The molecule has 0 saturated heterocycles. The lowest BCUT2D eigenvalue weighted by atomic mass is 10.2. The van der Waals surface area contributed by atoms with Crippen LogP contribution in [-0.4, -0.2) is 22.3 Å². The Kier molecular flexibility index (Phi) is 3.54. The molecule has 0 spiro atoms. The van der Waals surface area contributed by atoms with E-state index >= 15 is 0 Å². The number of nitro benzene ring substituents is 1. The molecule has 0 heterocycles. The molecule has 0 aliphatic carbocycles. The standard InChI is InChI=1S/C9H9N3O4/c1-6-4-7(12(15)16)2-3-8(6)11-9(13)5-10-14/h2-5,14H,1H3,(H,11,13)/b10-5+. The number of non-ortho nitro benzene ring substituents is 1. The normalized spacial score (nSPS) is 10.3. The number of nitrogens with zero attached hydrogens (tertiary/aromatic N) is 2. The molecule has 0 atom stereocenters. The summed E-state index contributed by atoms with van der Waals surface area (Å²) in [7, 11) is 0. The molecule has 2 N–H and O–H groups in total. The van der Waals surface area contributed by atoms with Gasteiger partial charge in [0.05, 0.1) is 4.92 Å². The first-order valence-electron chi connectivity index (χ1n) is 4.28. The molecule has 1 aromatic carbocycles. The van der Waals surface area contributed by atoms with Crippen molar-refractivity contribution in [3.63, 3.8) is 0 Å². The van der Waals surface area contributed by atoms with Gasteiger partial charge in [0.1, 0.15) is 6.21 Å². The lowest BCUT2D eigenvalue weighted by Crippen LogP contribution is -2.13. The molecule has 7 heteroatoms. The number of oxime groups is 1.